The molecule has 27 heavy (non-hydrogen) atoms. The predicted molar refractivity (Wildman–Crippen MR) is 104 cm³/mol. The van der Waals surface area contributed by atoms with E-state index < -0.39 is 0 Å². The van der Waals surface area contributed by atoms with Crippen LogP contribution in [0.3, 0.4) is 0 Å². The molecule has 0 aliphatic carbocycles. The Hall–Kier alpha value is -2.86. The van der Waals surface area contributed by atoms with E-state index in [0.717, 1.165) is 5.82 Å². The second kappa shape index (κ2) is 9.19. The van der Waals surface area contributed by atoms with E-state index in [4.69, 9.17) is 16.3 Å². The summed E-state index contributed by atoms with van der Waals surface area (Å²) in [4.78, 5) is 16.3. The van der Waals surface area contributed by atoms with Gasteiger partial charge in [-0.05, 0) is 36.8 Å². The van der Waals surface area contributed by atoms with Crippen LogP contribution in [0.4, 0.5) is 0 Å². The van der Waals surface area contributed by atoms with E-state index in [1.165, 1.54) is 11.1 Å². The highest BCUT2D eigenvalue weighted by atomic mass is 35.5. The molecule has 0 unspecified atom stereocenters. The van der Waals surface area contributed by atoms with Crippen molar-refractivity contribution in [2.24, 2.45) is 0 Å². The molecule has 0 aliphatic heterocycles. The van der Waals surface area contributed by atoms with Crippen molar-refractivity contribution >= 4 is 17.5 Å². The Balaban J connectivity index is 1.38. The molecule has 0 spiro atoms. The van der Waals surface area contributed by atoms with Gasteiger partial charge in [0, 0.05) is 24.4 Å². The highest BCUT2D eigenvalue weighted by molar-refractivity contribution is 6.30. The lowest BCUT2D eigenvalue weighted by Crippen LogP contribution is -2.30. The number of hydrogen-bond acceptors (Lipinski definition) is 4. The number of carbonyl (C=O) groups excluding carboxylic acids is 1. The van der Waals surface area contributed by atoms with Gasteiger partial charge in [0.05, 0.1) is 0 Å². The molecule has 7 heteroatoms. The fourth-order valence-corrected chi connectivity index (χ4v) is 2.60. The third kappa shape index (κ3) is 6.11. The van der Waals surface area contributed by atoms with Crippen molar-refractivity contribution in [1.29, 1.82) is 0 Å². The standard InChI is InChI=1S/C20H21ClN4O2/c1-14-2-4-15(5-3-14)12-19-23-18(24-25-19)10-11-22-20(26)13-27-17-8-6-16(21)7-9-17/h2-9H,10-13H2,1H3,(H,22,26)(H,23,24,25). The lowest BCUT2D eigenvalue weighted by molar-refractivity contribution is -0.123. The van der Waals surface area contributed by atoms with Gasteiger partial charge in [0.15, 0.2) is 12.4 Å². The minimum absolute atomic E-state index is 0.0473. The van der Waals surface area contributed by atoms with Crippen LogP contribution in [0.2, 0.25) is 5.02 Å². The van der Waals surface area contributed by atoms with E-state index in [-0.39, 0.29) is 12.5 Å². The van der Waals surface area contributed by atoms with Crippen molar-refractivity contribution in [1.82, 2.24) is 20.5 Å². The molecule has 1 amide bonds. The molecule has 1 aromatic heterocycles. The number of hydrogen-bond donors (Lipinski definition) is 2. The van der Waals surface area contributed by atoms with Crippen LogP contribution in [0.25, 0.3) is 0 Å². The van der Waals surface area contributed by atoms with Crippen molar-refractivity contribution in [3.05, 3.63) is 76.3 Å². The number of nitrogens with one attached hydrogen (secondary N) is 2. The number of H-pyrrole nitrogens is 1. The summed E-state index contributed by atoms with van der Waals surface area (Å²) in [7, 11) is 0. The van der Waals surface area contributed by atoms with Gasteiger partial charge < -0.3 is 10.1 Å². The first-order chi connectivity index (χ1) is 13.1. The van der Waals surface area contributed by atoms with Crippen LogP contribution in [0, 0.1) is 6.92 Å². The SMILES string of the molecule is Cc1ccc(Cc2nc(CCNC(=O)COc3ccc(Cl)cc3)n[nH]2)cc1. The number of nitrogens with zero attached hydrogens (tertiary/aromatic N) is 2. The number of carbonyl (C=O) groups is 1. The topological polar surface area (TPSA) is 79.9 Å². The third-order valence-electron chi connectivity index (χ3n) is 3.92. The third-order valence-corrected chi connectivity index (χ3v) is 4.18. The maximum absolute atomic E-state index is 11.8. The van der Waals surface area contributed by atoms with Gasteiger partial charge >= 0.3 is 0 Å². The van der Waals surface area contributed by atoms with Crippen LogP contribution < -0.4 is 10.1 Å². The van der Waals surface area contributed by atoms with Crippen LogP contribution in [-0.2, 0) is 17.6 Å². The minimum atomic E-state index is -0.194. The maximum Gasteiger partial charge on any atom is 0.257 e. The zero-order valence-corrected chi connectivity index (χ0v) is 15.8. The fraction of sp³-hybridized carbons (Fsp3) is 0.250. The average molecular weight is 385 g/mol. The number of halogens is 1. The van der Waals surface area contributed by atoms with Gasteiger partial charge in [0.2, 0.25) is 0 Å². The Morgan fingerprint density at radius 1 is 1.15 bits per heavy atom. The number of benzene rings is 2. The van der Waals surface area contributed by atoms with Gasteiger partial charge in [0.1, 0.15) is 11.6 Å². The smallest absolute Gasteiger partial charge is 0.257 e. The summed E-state index contributed by atoms with van der Waals surface area (Å²) >= 11 is 5.81. The van der Waals surface area contributed by atoms with Gasteiger partial charge in [-0.1, -0.05) is 41.4 Å². The van der Waals surface area contributed by atoms with Crippen LogP contribution in [0.15, 0.2) is 48.5 Å². The first-order valence-electron chi connectivity index (χ1n) is 8.69. The van der Waals surface area contributed by atoms with Crippen molar-refractivity contribution in [3.8, 4) is 5.75 Å². The van der Waals surface area contributed by atoms with Crippen molar-refractivity contribution < 1.29 is 9.53 Å². The molecule has 0 atom stereocenters. The highest BCUT2D eigenvalue weighted by Crippen LogP contribution is 2.15. The number of aryl methyl sites for hydroxylation is 1. The Morgan fingerprint density at radius 3 is 2.63 bits per heavy atom. The molecule has 3 aromatic rings. The fourth-order valence-electron chi connectivity index (χ4n) is 2.47. The molecule has 0 saturated carbocycles. The molecule has 0 aliphatic rings. The summed E-state index contributed by atoms with van der Waals surface area (Å²) in [6.07, 6.45) is 1.26. The number of aromatic nitrogens is 3. The summed E-state index contributed by atoms with van der Waals surface area (Å²) in [5.74, 6) is 1.90. The van der Waals surface area contributed by atoms with Crippen molar-refractivity contribution in [2.75, 3.05) is 13.2 Å². The molecule has 0 fully saturated rings. The first-order valence-corrected chi connectivity index (χ1v) is 9.07. The van der Waals surface area contributed by atoms with Gasteiger partial charge in [-0.2, -0.15) is 5.10 Å². The van der Waals surface area contributed by atoms with E-state index in [2.05, 4.69) is 51.7 Å². The van der Waals surface area contributed by atoms with Gasteiger partial charge in [-0.15, -0.1) is 0 Å². The molecular formula is C20H21ClN4O2. The summed E-state index contributed by atoms with van der Waals surface area (Å²) in [6, 6.07) is 15.2. The van der Waals surface area contributed by atoms with Crippen molar-refractivity contribution in [3.63, 3.8) is 0 Å². The monoisotopic (exact) mass is 384 g/mol. The number of amides is 1. The van der Waals surface area contributed by atoms with Crippen LogP contribution in [-0.4, -0.2) is 34.2 Å². The lowest BCUT2D eigenvalue weighted by Gasteiger charge is -2.06. The Morgan fingerprint density at radius 2 is 1.89 bits per heavy atom. The largest absolute Gasteiger partial charge is 0.484 e. The summed E-state index contributed by atoms with van der Waals surface area (Å²) in [6.45, 7) is 2.46. The normalized spacial score (nSPS) is 10.6. The minimum Gasteiger partial charge on any atom is -0.484 e. The van der Waals surface area contributed by atoms with E-state index in [9.17, 15) is 4.79 Å². The molecule has 6 nitrogen and oxygen atoms in total. The summed E-state index contributed by atoms with van der Waals surface area (Å²) < 4.78 is 5.40. The Bertz CT molecular complexity index is 876. The van der Waals surface area contributed by atoms with Gasteiger partial charge in [0.25, 0.3) is 5.91 Å². The first kappa shape index (κ1) is 18.9. The molecule has 1 heterocycles. The molecule has 0 radical (unpaired) electrons. The van der Waals surface area contributed by atoms with E-state index in [1.807, 2.05) is 0 Å². The van der Waals surface area contributed by atoms with Crippen molar-refractivity contribution in [2.45, 2.75) is 19.8 Å². The van der Waals surface area contributed by atoms with E-state index in [1.54, 1.807) is 24.3 Å². The Kier molecular flexibility index (Phi) is 6.44. The molecule has 3 rings (SSSR count). The second-order valence-electron chi connectivity index (χ2n) is 6.20. The molecule has 140 valence electrons. The van der Waals surface area contributed by atoms with E-state index >= 15 is 0 Å². The van der Waals surface area contributed by atoms with Gasteiger partial charge in [-0.25, -0.2) is 4.98 Å². The zero-order valence-electron chi connectivity index (χ0n) is 15.0. The molecule has 2 N–H and O–H groups in total. The number of aromatic amines is 1. The maximum atomic E-state index is 11.8. The molecule has 2 aromatic carbocycles. The summed E-state index contributed by atoms with van der Waals surface area (Å²) in [5, 5.41) is 10.6. The second-order valence-corrected chi connectivity index (χ2v) is 6.64. The van der Waals surface area contributed by atoms with Crippen LogP contribution >= 0.6 is 11.6 Å². The number of ether oxygens (including phenoxy) is 1. The molecule has 0 bridgehead atoms. The molecule has 0 saturated heterocycles. The summed E-state index contributed by atoms with van der Waals surface area (Å²) in [5.41, 5.74) is 2.41. The quantitative estimate of drug-likeness (QED) is 0.625. The van der Waals surface area contributed by atoms with E-state index in [0.29, 0.717) is 36.0 Å². The predicted octanol–water partition coefficient (Wildman–Crippen LogP) is 3.10. The highest BCUT2D eigenvalue weighted by Gasteiger charge is 2.06. The molecular weight excluding hydrogens is 364 g/mol. The lowest BCUT2D eigenvalue weighted by atomic mass is 10.1. The van der Waals surface area contributed by atoms with Crippen LogP contribution in [0.5, 0.6) is 5.75 Å². The zero-order chi connectivity index (χ0) is 19.1. The average Bonchev–Trinajstić information content (AvgIpc) is 3.10. The van der Waals surface area contributed by atoms with Crippen LogP contribution in [0.1, 0.15) is 22.8 Å². The Labute approximate surface area is 162 Å². The number of rotatable bonds is 8. The van der Waals surface area contributed by atoms with Gasteiger partial charge in [-0.3, -0.25) is 9.89 Å².